The highest BCUT2D eigenvalue weighted by Gasteiger charge is 2.45. The van der Waals surface area contributed by atoms with E-state index in [9.17, 15) is 4.39 Å². The molecule has 2 heterocycles. The molecule has 132 valence electrons. The van der Waals surface area contributed by atoms with Gasteiger partial charge in [-0.15, -0.1) is 0 Å². The SMILES string of the molecule is C[C@@]1(N)C[C@H]2CN(c3cnc(-c4cccc(Cl)c4F)c(N)n3)C[C@H]2C1. The van der Waals surface area contributed by atoms with Gasteiger partial charge in [-0.05, 0) is 43.7 Å². The monoisotopic (exact) mass is 361 g/mol. The third kappa shape index (κ3) is 2.93. The molecular weight excluding hydrogens is 341 g/mol. The minimum atomic E-state index is -0.532. The molecule has 1 aliphatic carbocycles. The van der Waals surface area contributed by atoms with Crippen molar-refractivity contribution in [3.05, 3.63) is 35.2 Å². The second-order valence-electron chi connectivity index (χ2n) is 7.55. The van der Waals surface area contributed by atoms with E-state index in [0.29, 0.717) is 17.5 Å². The van der Waals surface area contributed by atoms with Crippen LogP contribution in [-0.2, 0) is 0 Å². The van der Waals surface area contributed by atoms with Crippen LogP contribution in [-0.4, -0.2) is 28.6 Å². The number of hydrogen-bond donors (Lipinski definition) is 2. The maximum Gasteiger partial charge on any atom is 0.152 e. The zero-order valence-electron chi connectivity index (χ0n) is 14.0. The first kappa shape index (κ1) is 16.5. The van der Waals surface area contributed by atoms with Crippen LogP contribution in [0.5, 0.6) is 0 Å². The van der Waals surface area contributed by atoms with Gasteiger partial charge in [0.1, 0.15) is 11.5 Å². The summed E-state index contributed by atoms with van der Waals surface area (Å²) in [5.41, 5.74) is 12.9. The van der Waals surface area contributed by atoms with Crippen LogP contribution in [0.1, 0.15) is 19.8 Å². The molecule has 1 saturated carbocycles. The van der Waals surface area contributed by atoms with Crippen molar-refractivity contribution in [3.63, 3.8) is 0 Å². The van der Waals surface area contributed by atoms with E-state index in [1.165, 1.54) is 6.07 Å². The van der Waals surface area contributed by atoms with Crippen molar-refractivity contribution in [2.45, 2.75) is 25.3 Å². The van der Waals surface area contributed by atoms with Gasteiger partial charge < -0.3 is 16.4 Å². The number of halogens is 2. The molecule has 4 rings (SSSR count). The molecule has 25 heavy (non-hydrogen) atoms. The van der Waals surface area contributed by atoms with Crippen LogP contribution in [0.3, 0.4) is 0 Å². The van der Waals surface area contributed by atoms with E-state index in [0.717, 1.165) is 31.7 Å². The molecule has 0 amide bonds. The molecule has 2 fully saturated rings. The first-order valence-electron chi connectivity index (χ1n) is 8.45. The molecule has 4 N–H and O–H groups in total. The lowest BCUT2D eigenvalue weighted by molar-refractivity contribution is 0.449. The molecule has 5 nitrogen and oxygen atoms in total. The largest absolute Gasteiger partial charge is 0.382 e. The van der Waals surface area contributed by atoms with Crippen molar-refractivity contribution in [3.8, 4) is 11.3 Å². The Morgan fingerprint density at radius 2 is 1.96 bits per heavy atom. The number of nitrogens with zero attached hydrogens (tertiary/aromatic N) is 3. The third-order valence-corrected chi connectivity index (χ3v) is 5.64. The Kier molecular flexibility index (Phi) is 3.85. The molecule has 1 saturated heterocycles. The van der Waals surface area contributed by atoms with Crippen LogP contribution < -0.4 is 16.4 Å². The maximum atomic E-state index is 14.2. The topological polar surface area (TPSA) is 81.1 Å². The van der Waals surface area contributed by atoms with Gasteiger partial charge in [0.2, 0.25) is 0 Å². The molecule has 0 spiro atoms. The fourth-order valence-corrected chi connectivity index (χ4v) is 4.48. The minimum Gasteiger partial charge on any atom is -0.382 e. The van der Waals surface area contributed by atoms with Crippen LogP contribution in [0.15, 0.2) is 24.4 Å². The van der Waals surface area contributed by atoms with Crippen LogP contribution in [0.4, 0.5) is 16.0 Å². The van der Waals surface area contributed by atoms with Gasteiger partial charge >= 0.3 is 0 Å². The van der Waals surface area contributed by atoms with Crippen molar-refractivity contribution < 1.29 is 4.39 Å². The molecule has 1 aromatic heterocycles. The Balaban J connectivity index is 1.58. The van der Waals surface area contributed by atoms with Gasteiger partial charge in [-0.25, -0.2) is 14.4 Å². The Bertz CT molecular complexity index is 809. The first-order chi connectivity index (χ1) is 11.8. The molecule has 1 aliphatic heterocycles. The fraction of sp³-hybridized carbons (Fsp3) is 0.444. The highest BCUT2D eigenvalue weighted by molar-refractivity contribution is 6.31. The Hall–Kier alpha value is -1.92. The van der Waals surface area contributed by atoms with Gasteiger partial charge in [-0.2, -0.15) is 0 Å². The number of benzene rings is 1. The summed E-state index contributed by atoms with van der Waals surface area (Å²) in [6, 6.07) is 4.76. The summed E-state index contributed by atoms with van der Waals surface area (Å²) in [4.78, 5) is 11.0. The van der Waals surface area contributed by atoms with Crippen molar-refractivity contribution >= 4 is 23.2 Å². The average molecular weight is 362 g/mol. The van der Waals surface area contributed by atoms with Gasteiger partial charge in [0, 0.05) is 24.2 Å². The normalized spacial score (nSPS) is 28.4. The van der Waals surface area contributed by atoms with Gasteiger partial charge in [-0.3, -0.25) is 0 Å². The quantitative estimate of drug-likeness (QED) is 0.859. The fourth-order valence-electron chi connectivity index (χ4n) is 4.31. The number of hydrogen-bond acceptors (Lipinski definition) is 5. The molecule has 7 heteroatoms. The third-order valence-electron chi connectivity index (χ3n) is 5.35. The molecule has 0 bridgehead atoms. The molecule has 2 aliphatic rings. The van der Waals surface area contributed by atoms with Crippen LogP contribution in [0, 0.1) is 17.7 Å². The lowest BCUT2D eigenvalue weighted by Crippen LogP contribution is -2.35. The second-order valence-corrected chi connectivity index (χ2v) is 7.96. The number of nitrogens with two attached hydrogens (primary N) is 2. The van der Waals surface area contributed by atoms with Crippen LogP contribution >= 0.6 is 11.6 Å². The number of aromatic nitrogens is 2. The van der Waals surface area contributed by atoms with E-state index in [1.54, 1.807) is 18.3 Å². The molecule has 0 unspecified atom stereocenters. The average Bonchev–Trinajstić information content (AvgIpc) is 3.04. The van der Waals surface area contributed by atoms with Crippen molar-refractivity contribution in [1.29, 1.82) is 0 Å². The standard InChI is InChI=1S/C18H21ClFN5/c1-18(22)5-10-8-25(9-11(10)6-18)14-7-23-16(17(21)24-14)12-3-2-4-13(19)15(12)20/h2-4,7,10-11H,5-6,8-9,22H2,1H3,(H2,21,24)/t10-,11+,18+. The van der Waals surface area contributed by atoms with E-state index in [4.69, 9.17) is 23.1 Å². The van der Waals surface area contributed by atoms with Gasteiger partial charge in [0.25, 0.3) is 0 Å². The summed E-state index contributed by atoms with van der Waals surface area (Å²) in [5.74, 6) is 1.58. The van der Waals surface area contributed by atoms with Gasteiger partial charge in [-0.1, -0.05) is 17.7 Å². The first-order valence-corrected chi connectivity index (χ1v) is 8.82. The second kappa shape index (κ2) is 5.81. The zero-order chi connectivity index (χ0) is 17.8. The Morgan fingerprint density at radius 3 is 2.60 bits per heavy atom. The lowest BCUT2D eigenvalue weighted by atomic mass is 10.00. The number of rotatable bonds is 2. The molecule has 2 aromatic rings. The summed E-state index contributed by atoms with van der Waals surface area (Å²) in [6.07, 6.45) is 3.72. The Morgan fingerprint density at radius 1 is 1.28 bits per heavy atom. The molecule has 3 atom stereocenters. The maximum absolute atomic E-state index is 14.2. The molecular formula is C18H21ClFN5. The van der Waals surface area contributed by atoms with Crippen molar-refractivity contribution in [1.82, 2.24) is 9.97 Å². The van der Waals surface area contributed by atoms with E-state index in [-0.39, 0.29) is 21.9 Å². The highest BCUT2D eigenvalue weighted by Crippen LogP contribution is 2.43. The summed E-state index contributed by atoms with van der Waals surface area (Å²) in [7, 11) is 0. The van der Waals surface area contributed by atoms with E-state index in [2.05, 4.69) is 21.8 Å². The number of anilines is 2. The van der Waals surface area contributed by atoms with Gasteiger partial charge in [0.15, 0.2) is 11.6 Å². The number of fused-ring (bicyclic) bond motifs is 1. The van der Waals surface area contributed by atoms with Crippen LogP contribution in [0.2, 0.25) is 5.02 Å². The number of nitrogen functional groups attached to an aromatic ring is 1. The molecule has 1 aromatic carbocycles. The van der Waals surface area contributed by atoms with E-state index < -0.39 is 5.82 Å². The van der Waals surface area contributed by atoms with Crippen molar-refractivity contribution in [2.24, 2.45) is 17.6 Å². The smallest absolute Gasteiger partial charge is 0.152 e. The highest BCUT2D eigenvalue weighted by atomic mass is 35.5. The zero-order valence-corrected chi connectivity index (χ0v) is 14.8. The van der Waals surface area contributed by atoms with Crippen LogP contribution in [0.25, 0.3) is 11.3 Å². The Labute approximate surface area is 151 Å². The summed E-state index contributed by atoms with van der Waals surface area (Å²) >= 11 is 5.85. The summed E-state index contributed by atoms with van der Waals surface area (Å²) in [5, 5.41) is 0.0416. The lowest BCUT2D eigenvalue weighted by Gasteiger charge is -2.23. The van der Waals surface area contributed by atoms with Crippen molar-refractivity contribution in [2.75, 3.05) is 23.7 Å². The summed E-state index contributed by atoms with van der Waals surface area (Å²) in [6.45, 7) is 3.95. The van der Waals surface area contributed by atoms with Gasteiger partial charge in [0.05, 0.1) is 11.2 Å². The predicted octanol–water partition coefficient (Wildman–Crippen LogP) is 3.08. The molecule has 0 radical (unpaired) electrons. The predicted molar refractivity (Wildman–Crippen MR) is 97.9 cm³/mol. The van der Waals surface area contributed by atoms with E-state index >= 15 is 0 Å². The summed E-state index contributed by atoms with van der Waals surface area (Å²) < 4.78 is 14.2. The van der Waals surface area contributed by atoms with E-state index in [1.807, 2.05) is 0 Å². The minimum absolute atomic E-state index is 0.0416.